The number of carbonyl (C=O) groups is 1. The van der Waals surface area contributed by atoms with Gasteiger partial charge in [-0.3, -0.25) is 19.6 Å². The van der Waals surface area contributed by atoms with Crippen molar-refractivity contribution in [3.63, 3.8) is 0 Å². The summed E-state index contributed by atoms with van der Waals surface area (Å²) in [7, 11) is 3.50. The molecule has 1 amide bonds. The van der Waals surface area contributed by atoms with Gasteiger partial charge in [-0.05, 0) is 17.7 Å². The molecule has 1 aromatic carbocycles. The first-order chi connectivity index (χ1) is 14.5. The lowest BCUT2D eigenvalue weighted by molar-refractivity contribution is 0.0972. The molecule has 0 aliphatic rings. The smallest absolute Gasteiger partial charge is 0.266 e. The minimum absolute atomic E-state index is 0.136. The Labute approximate surface area is 171 Å². The molecule has 4 aromatic rings. The van der Waals surface area contributed by atoms with Crippen LogP contribution in [-0.2, 0) is 14.1 Å². The fraction of sp³-hybridized carbons (Fsp3) is 0.0952. The molecule has 0 radical (unpaired) electrons. The largest absolute Gasteiger partial charge is 0.318 e. The van der Waals surface area contributed by atoms with E-state index in [1.54, 1.807) is 77.7 Å². The molecule has 148 valence electrons. The van der Waals surface area contributed by atoms with Crippen molar-refractivity contribution in [1.29, 1.82) is 5.26 Å². The summed E-state index contributed by atoms with van der Waals surface area (Å²) in [4.78, 5) is 24.5. The Kier molecular flexibility index (Phi) is 4.74. The number of rotatable bonds is 4. The maximum absolute atomic E-state index is 12.3. The number of pyridine rings is 1. The molecule has 0 aliphatic heterocycles. The van der Waals surface area contributed by atoms with Gasteiger partial charge in [-0.15, -0.1) is 0 Å². The van der Waals surface area contributed by atoms with Crippen molar-refractivity contribution in [2.75, 3.05) is 0 Å². The van der Waals surface area contributed by atoms with Gasteiger partial charge in [0.25, 0.3) is 11.5 Å². The number of aromatic nitrogens is 5. The predicted molar refractivity (Wildman–Crippen MR) is 110 cm³/mol. The van der Waals surface area contributed by atoms with Gasteiger partial charge in [0.15, 0.2) is 6.19 Å². The summed E-state index contributed by atoms with van der Waals surface area (Å²) in [6, 6.07) is 8.43. The van der Waals surface area contributed by atoms with E-state index >= 15 is 0 Å². The third kappa shape index (κ3) is 3.38. The average Bonchev–Trinajstić information content (AvgIpc) is 3.39. The molecule has 0 bridgehead atoms. The van der Waals surface area contributed by atoms with E-state index in [2.05, 4.69) is 15.5 Å². The molecule has 30 heavy (non-hydrogen) atoms. The lowest BCUT2D eigenvalue weighted by Crippen LogP contribution is -2.19. The quantitative estimate of drug-likeness (QED) is 0.416. The number of benzene rings is 1. The summed E-state index contributed by atoms with van der Waals surface area (Å²) in [5, 5.41) is 19.5. The summed E-state index contributed by atoms with van der Waals surface area (Å²) in [6.45, 7) is 0. The van der Waals surface area contributed by atoms with Crippen LogP contribution in [0.25, 0.3) is 27.9 Å². The number of para-hydroxylation sites is 1. The van der Waals surface area contributed by atoms with E-state index in [4.69, 9.17) is 5.26 Å². The fourth-order valence-corrected chi connectivity index (χ4v) is 3.24. The van der Waals surface area contributed by atoms with E-state index in [1.807, 2.05) is 13.2 Å². The molecule has 0 spiro atoms. The second kappa shape index (κ2) is 7.52. The molecule has 0 saturated carbocycles. The Hall–Kier alpha value is -4.45. The number of amides is 1. The lowest BCUT2D eigenvalue weighted by atomic mass is 10.0. The van der Waals surface area contributed by atoms with Gasteiger partial charge in [0.05, 0.1) is 23.6 Å². The molecule has 9 nitrogen and oxygen atoms in total. The topological polar surface area (TPSA) is 111 Å². The zero-order valence-electron chi connectivity index (χ0n) is 16.3. The third-order valence-electron chi connectivity index (χ3n) is 4.70. The lowest BCUT2D eigenvalue weighted by Gasteiger charge is -2.09. The van der Waals surface area contributed by atoms with Crippen LogP contribution in [0.5, 0.6) is 0 Å². The van der Waals surface area contributed by atoms with Crippen LogP contribution in [0.3, 0.4) is 0 Å². The van der Waals surface area contributed by atoms with Gasteiger partial charge >= 0.3 is 0 Å². The average molecular weight is 399 g/mol. The summed E-state index contributed by atoms with van der Waals surface area (Å²) in [6.07, 6.45) is 10.4. The Morgan fingerprint density at radius 1 is 1.03 bits per heavy atom. The number of nitrogens with zero attached hydrogens (tertiary/aromatic N) is 6. The number of nitrogens with one attached hydrogen (secondary N) is 1. The highest BCUT2D eigenvalue weighted by Crippen LogP contribution is 2.31. The second-order valence-electron chi connectivity index (χ2n) is 6.71. The molecular formula is C21H17N7O2. The standard InChI is InChI=1S/C21H17N7O2/c1-26-12-18(17(7-20(26)29)14-8-24-27(2)10-14)15-9-25-28(11-15)19-6-4-3-5-16(19)21(30)23-13-22/h3-12H,1-2H3,(H,23,30). The van der Waals surface area contributed by atoms with Crippen LogP contribution in [0.4, 0.5) is 0 Å². The molecule has 0 aliphatic carbocycles. The van der Waals surface area contributed by atoms with Gasteiger partial charge in [-0.25, -0.2) is 4.68 Å². The highest BCUT2D eigenvalue weighted by molar-refractivity contribution is 5.98. The van der Waals surface area contributed by atoms with Gasteiger partial charge in [0, 0.05) is 55.4 Å². The Morgan fingerprint density at radius 3 is 2.50 bits per heavy atom. The molecule has 3 aromatic heterocycles. The van der Waals surface area contributed by atoms with Crippen molar-refractivity contribution in [2.24, 2.45) is 14.1 Å². The highest BCUT2D eigenvalue weighted by atomic mass is 16.1. The van der Waals surface area contributed by atoms with Gasteiger partial charge in [-0.2, -0.15) is 15.5 Å². The van der Waals surface area contributed by atoms with E-state index < -0.39 is 5.91 Å². The van der Waals surface area contributed by atoms with Crippen molar-refractivity contribution in [3.8, 4) is 34.1 Å². The molecule has 0 saturated heterocycles. The van der Waals surface area contributed by atoms with Gasteiger partial charge in [0.2, 0.25) is 0 Å². The number of nitriles is 1. The number of hydrogen-bond acceptors (Lipinski definition) is 5. The van der Waals surface area contributed by atoms with Crippen LogP contribution in [-0.4, -0.2) is 30.0 Å². The first-order valence-corrected chi connectivity index (χ1v) is 9.01. The van der Waals surface area contributed by atoms with E-state index in [-0.39, 0.29) is 5.56 Å². The molecule has 0 unspecified atom stereocenters. The van der Waals surface area contributed by atoms with E-state index in [1.165, 1.54) is 4.57 Å². The molecule has 9 heteroatoms. The number of aryl methyl sites for hydroxylation is 2. The second-order valence-corrected chi connectivity index (χ2v) is 6.71. The summed E-state index contributed by atoms with van der Waals surface area (Å²) in [5.74, 6) is -0.511. The molecular weight excluding hydrogens is 382 g/mol. The monoisotopic (exact) mass is 399 g/mol. The molecule has 4 rings (SSSR count). The molecule has 0 fully saturated rings. The van der Waals surface area contributed by atoms with Crippen molar-refractivity contribution in [2.45, 2.75) is 0 Å². The Balaban J connectivity index is 1.84. The number of carbonyl (C=O) groups excluding carboxylic acids is 1. The van der Waals surface area contributed by atoms with E-state index in [0.717, 1.165) is 22.3 Å². The van der Waals surface area contributed by atoms with E-state index in [9.17, 15) is 9.59 Å². The molecule has 3 heterocycles. The first-order valence-electron chi connectivity index (χ1n) is 9.01. The van der Waals surface area contributed by atoms with E-state index in [0.29, 0.717) is 11.3 Å². The van der Waals surface area contributed by atoms with Crippen molar-refractivity contribution >= 4 is 5.91 Å². The maximum Gasteiger partial charge on any atom is 0.266 e. The maximum atomic E-state index is 12.3. The van der Waals surface area contributed by atoms with Gasteiger partial charge in [-0.1, -0.05) is 12.1 Å². The number of hydrogen-bond donors (Lipinski definition) is 1. The molecule has 0 atom stereocenters. The van der Waals surface area contributed by atoms with Crippen LogP contribution in [0.2, 0.25) is 0 Å². The van der Waals surface area contributed by atoms with Crippen molar-refractivity contribution in [1.82, 2.24) is 29.4 Å². The van der Waals surface area contributed by atoms with Crippen LogP contribution in [0.15, 0.2) is 66.1 Å². The van der Waals surface area contributed by atoms with Crippen LogP contribution < -0.4 is 10.9 Å². The summed E-state index contributed by atoms with van der Waals surface area (Å²) >= 11 is 0. The highest BCUT2D eigenvalue weighted by Gasteiger charge is 2.16. The minimum atomic E-state index is -0.511. The normalized spacial score (nSPS) is 10.6. The summed E-state index contributed by atoms with van der Waals surface area (Å²) < 4.78 is 4.74. The Bertz CT molecular complexity index is 1350. The van der Waals surface area contributed by atoms with Crippen molar-refractivity contribution in [3.05, 3.63) is 77.2 Å². The van der Waals surface area contributed by atoms with Crippen molar-refractivity contribution < 1.29 is 4.79 Å². The Morgan fingerprint density at radius 2 is 1.77 bits per heavy atom. The minimum Gasteiger partial charge on any atom is -0.318 e. The zero-order chi connectivity index (χ0) is 21.3. The van der Waals surface area contributed by atoms with Crippen LogP contribution in [0.1, 0.15) is 10.4 Å². The zero-order valence-corrected chi connectivity index (χ0v) is 16.3. The molecule has 1 N–H and O–H groups in total. The van der Waals surface area contributed by atoms with Gasteiger partial charge in [0.1, 0.15) is 0 Å². The summed E-state index contributed by atoms with van der Waals surface area (Å²) in [5.41, 5.74) is 3.83. The predicted octanol–water partition coefficient (Wildman–Crippen LogP) is 1.85. The SMILES string of the molecule is Cn1cc(-c2cc(=O)n(C)cc2-c2cnn(-c3ccccc3C(=O)NC#N)c2)cn1. The fourth-order valence-electron chi connectivity index (χ4n) is 3.24. The third-order valence-corrected chi connectivity index (χ3v) is 4.70. The van der Waals surface area contributed by atoms with Crippen LogP contribution >= 0.6 is 0 Å². The first kappa shape index (κ1) is 18.9. The van der Waals surface area contributed by atoms with Gasteiger partial charge < -0.3 is 4.57 Å². The van der Waals surface area contributed by atoms with Crippen LogP contribution in [0, 0.1) is 11.5 Å².